The van der Waals surface area contributed by atoms with Crippen LogP contribution in [-0.2, 0) is 28.9 Å². The maximum absolute atomic E-state index is 13.0. The lowest BCUT2D eigenvalue weighted by molar-refractivity contribution is -0.145. The van der Waals surface area contributed by atoms with Crippen molar-refractivity contribution in [1.29, 1.82) is 0 Å². The summed E-state index contributed by atoms with van der Waals surface area (Å²) in [4.78, 5) is 25.8. The predicted octanol–water partition coefficient (Wildman–Crippen LogP) is 1.83. The standard InChI is InChI=1S/C20H24N4O2/c1-2-15-11-21-20(22-12-15)24-9-10-26-18(14-24)19(25)23-8-7-16-5-3-4-6-17(16)13-23/h3-6,11-12,18H,2,7-10,13-14H2,1H3. The van der Waals surface area contributed by atoms with Crippen molar-refractivity contribution in [2.45, 2.75) is 32.4 Å². The summed E-state index contributed by atoms with van der Waals surface area (Å²) in [6.45, 7) is 5.22. The molecule has 0 bridgehead atoms. The van der Waals surface area contributed by atoms with Crippen LogP contribution in [0.25, 0.3) is 0 Å². The van der Waals surface area contributed by atoms with Gasteiger partial charge in [0.15, 0.2) is 6.10 Å². The number of carbonyl (C=O) groups is 1. The normalized spacial score (nSPS) is 20.0. The van der Waals surface area contributed by atoms with E-state index in [-0.39, 0.29) is 5.91 Å². The number of nitrogens with zero attached hydrogens (tertiary/aromatic N) is 4. The summed E-state index contributed by atoms with van der Waals surface area (Å²) in [6, 6.07) is 8.34. The highest BCUT2D eigenvalue weighted by molar-refractivity contribution is 5.82. The van der Waals surface area contributed by atoms with Gasteiger partial charge in [-0.15, -0.1) is 0 Å². The van der Waals surface area contributed by atoms with Gasteiger partial charge in [0, 0.05) is 32.0 Å². The Morgan fingerprint density at radius 1 is 1.19 bits per heavy atom. The average Bonchev–Trinajstić information content (AvgIpc) is 2.73. The fourth-order valence-electron chi connectivity index (χ4n) is 3.56. The smallest absolute Gasteiger partial charge is 0.253 e. The van der Waals surface area contributed by atoms with Gasteiger partial charge in [-0.2, -0.15) is 0 Å². The van der Waals surface area contributed by atoms with Gasteiger partial charge in [-0.25, -0.2) is 9.97 Å². The second-order valence-electron chi connectivity index (χ2n) is 6.83. The molecule has 2 aliphatic rings. The van der Waals surface area contributed by atoms with Crippen LogP contribution in [0.5, 0.6) is 0 Å². The Bertz CT molecular complexity index is 778. The zero-order valence-electron chi connectivity index (χ0n) is 15.1. The number of fused-ring (bicyclic) bond motifs is 1. The Kier molecular flexibility index (Phi) is 4.84. The van der Waals surface area contributed by atoms with E-state index in [9.17, 15) is 4.79 Å². The van der Waals surface area contributed by atoms with Crippen LogP contribution in [-0.4, -0.2) is 53.1 Å². The summed E-state index contributed by atoms with van der Waals surface area (Å²) in [6.07, 6.45) is 5.08. The maximum Gasteiger partial charge on any atom is 0.253 e. The molecule has 1 aromatic heterocycles. The van der Waals surface area contributed by atoms with Crippen LogP contribution in [0.1, 0.15) is 23.6 Å². The topological polar surface area (TPSA) is 58.6 Å². The summed E-state index contributed by atoms with van der Waals surface area (Å²) in [5, 5.41) is 0. The first kappa shape index (κ1) is 17.0. The van der Waals surface area contributed by atoms with Gasteiger partial charge in [-0.05, 0) is 29.5 Å². The van der Waals surface area contributed by atoms with Crippen molar-refractivity contribution in [1.82, 2.24) is 14.9 Å². The zero-order valence-corrected chi connectivity index (χ0v) is 15.1. The fraction of sp³-hybridized carbons (Fsp3) is 0.450. The van der Waals surface area contributed by atoms with Gasteiger partial charge in [0.05, 0.1) is 13.2 Å². The first-order valence-electron chi connectivity index (χ1n) is 9.27. The molecule has 1 aromatic carbocycles. The van der Waals surface area contributed by atoms with Crippen LogP contribution < -0.4 is 4.90 Å². The number of carbonyl (C=O) groups excluding carboxylic acids is 1. The highest BCUT2D eigenvalue weighted by Gasteiger charge is 2.32. The van der Waals surface area contributed by atoms with E-state index in [4.69, 9.17) is 4.74 Å². The SMILES string of the molecule is CCc1cnc(N2CCOC(C(=O)N3CCc4ccccc4C3)C2)nc1. The zero-order chi connectivity index (χ0) is 17.9. The first-order chi connectivity index (χ1) is 12.7. The molecule has 0 N–H and O–H groups in total. The molecule has 136 valence electrons. The van der Waals surface area contributed by atoms with Gasteiger partial charge in [0.2, 0.25) is 5.95 Å². The Labute approximate surface area is 153 Å². The van der Waals surface area contributed by atoms with E-state index in [1.807, 2.05) is 28.3 Å². The molecule has 0 spiro atoms. The molecule has 1 fully saturated rings. The lowest BCUT2D eigenvalue weighted by atomic mass is 9.99. The Morgan fingerprint density at radius 2 is 1.96 bits per heavy atom. The minimum absolute atomic E-state index is 0.0642. The molecule has 1 amide bonds. The highest BCUT2D eigenvalue weighted by Crippen LogP contribution is 2.21. The highest BCUT2D eigenvalue weighted by atomic mass is 16.5. The number of hydrogen-bond acceptors (Lipinski definition) is 5. The van der Waals surface area contributed by atoms with E-state index in [2.05, 4.69) is 35.1 Å². The number of aromatic nitrogens is 2. The average molecular weight is 352 g/mol. The predicted molar refractivity (Wildman–Crippen MR) is 98.9 cm³/mol. The summed E-state index contributed by atoms with van der Waals surface area (Å²) in [5.74, 6) is 0.738. The molecule has 6 heteroatoms. The monoisotopic (exact) mass is 352 g/mol. The summed E-state index contributed by atoms with van der Waals surface area (Å²) < 4.78 is 5.79. The number of morpholine rings is 1. The van der Waals surface area contributed by atoms with Gasteiger partial charge in [-0.3, -0.25) is 4.79 Å². The van der Waals surface area contributed by atoms with Crippen molar-refractivity contribution >= 4 is 11.9 Å². The van der Waals surface area contributed by atoms with E-state index < -0.39 is 6.10 Å². The van der Waals surface area contributed by atoms with Gasteiger partial charge in [0.25, 0.3) is 5.91 Å². The minimum Gasteiger partial charge on any atom is -0.365 e. The van der Waals surface area contributed by atoms with Crippen LogP contribution in [0.4, 0.5) is 5.95 Å². The minimum atomic E-state index is -0.455. The lowest BCUT2D eigenvalue weighted by Crippen LogP contribution is -2.52. The van der Waals surface area contributed by atoms with Gasteiger partial charge in [-0.1, -0.05) is 31.2 Å². The third-order valence-electron chi connectivity index (χ3n) is 5.17. The number of hydrogen-bond donors (Lipinski definition) is 0. The van der Waals surface area contributed by atoms with Crippen LogP contribution in [0.3, 0.4) is 0 Å². The van der Waals surface area contributed by atoms with E-state index in [1.54, 1.807) is 0 Å². The van der Waals surface area contributed by atoms with Gasteiger partial charge < -0.3 is 14.5 Å². The van der Waals surface area contributed by atoms with Gasteiger partial charge in [0.1, 0.15) is 0 Å². The molecule has 6 nitrogen and oxygen atoms in total. The second-order valence-corrected chi connectivity index (χ2v) is 6.83. The summed E-state index contributed by atoms with van der Waals surface area (Å²) in [5.41, 5.74) is 3.69. The largest absolute Gasteiger partial charge is 0.365 e. The summed E-state index contributed by atoms with van der Waals surface area (Å²) >= 11 is 0. The number of ether oxygens (including phenoxy) is 1. The molecule has 1 atom stereocenters. The molecule has 0 radical (unpaired) electrons. The molecule has 2 aliphatic heterocycles. The summed E-state index contributed by atoms with van der Waals surface area (Å²) in [7, 11) is 0. The van der Waals surface area contributed by atoms with Crippen LogP contribution in [0, 0.1) is 0 Å². The van der Waals surface area contributed by atoms with Crippen molar-refractivity contribution in [2.75, 3.05) is 31.1 Å². The molecule has 2 aromatic rings. The van der Waals surface area contributed by atoms with E-state index in [1.165, 1.54) is 11.1 Å². The first-order valence-corrected chi connectivity index (χ1v) is 9.27. The van der Waals surface area contributed by atoms with E-state index in [0.29, 0.717) is 32.2 Å². The molecule has 1 unspecified atom stereocenters. The van der Waals surface area contributed by atoms with Crippen LogP contribution in [0.15, 0.2) is 36.7 Å². The molecule has 4 rings (SSSR count). The number of benzene rings is 1. The third kappa shape index (κ3) is 3.42. The molecule has 3 heterocycles. The quantitative estimate of drug-likeness (QED) is 0.843. The molecule has 0 aliphatic carbocycles. The van der Waals surface area contributed by atoms with Crippen molar-refractivity contribution < 1.29 is 9.53 Å². The van der Waals surface area contributed by atoms with Crippen molar-refractivity contribution in [2.24, 2.45) is 0 Å². The number of rotatable bonds is 3. The molecular weight excluding hydrogens is 328 g/mol. The van der Waals surface area contributed by atoms with Gasteiger partial charge >= 0.3 is 0 Å². The molecule has 0 saturated carbocycles. The van der Waals surface area contributed by atoms with E-state index >= 15 is 0 Å². The Morgan fingerprint density at radius 3 is 2.73 bits per heavy atom. The number of anilines is 1. The maximum atomic E-state index is 13.0. The Balaban J connectivity index is 1.43. The fourth-order valence-corrected chi connectivity index (χ4v) is 3.56. The molecular formula is C20H24N4O2. The van der Waals surface area contributed by atoms with Crippen LogP contribution >= 0.6 is 0 Å². The van der Waals surface area contributed by atoms with Crippen molar-refractivity contribution in [3.63, 3.8) is 0 Å². The Hall–Kier alpha value is -2.47. The number of aryl methyl sites for hydroxylation is 1. The molecule has 26 heavy (non-hydrogen) atoms. The number of amides is 1. The molecule has 1 saturated heterocycles. The lowest BCUT2D eigenvalue weighted by Gasteiger charge is -2.36. The van der Waals surface area contributed by atoms with E-state index in [0.717, 1.165) is 24.9 Å². The van der Waals surface area contributed by atoms with Crippen molar-refractivity contribution in [3.8, 4) is 0 Å². The third-order valence-corrected chi connectivity index (χ3v) is 5.17. The van der Waals surface area contributed by atoms with Crippen LogP contribution in [0.2, 0.25) is 0 Å². The second kappa shape index (κ2) is 7.41. The van der Waals surface area contributed by atoms with Crippen molar-refractivity contribution in [3.05, 3.63) is 53.3 Å².